The van der Waals surface area contributed by atoms with E-state index in [2.05, 4.69) is 10.2 Å². The van der Waals surface area contributed by atoms with Gasteiger partial charge in [-0.05, 0) is 22.6 Å². The van der Waals surface area contributed by atoms with Gasteiger partial charge in [0.15, 0.2) is 0 Å². The van der Waals surface area contributed by atoms with Crippen molar-refractivity contribution in [1.29, 1.82) is 0 Å². The van der Waals surface area contributed by atoms with Gasteiger partial charge in [-0.1, -0.05) is 66.7 Å². The Morgan fingerprint density at radius 2 is 1.58 bits per heavy atom. The fourth-order valence-electron chi connectivity index (χ4n) is 4.02. The Kier molecular flexibility index (Phi) is 7.93. The molecule has 2 aromatic carbocycles. The summed E-state index contributed by atoms with van der Waals surface area (Å²) in [6.45, 7) is 2.80. The van der Waals surface area contributed by atoms with E-state index in [0.717, 1.165) is 16.0 Å². The second-order valence-electron chi connectivity index (χ2n) is 8.16. The largest absolute Gasteiger partial charge is 0.344 e. The monoisotopic (exact) mass is 483 g/mol. The second kappa shape index (κ2) is 11.1. The van der Waals surface area contributed by atoms with Crippen LogP contribution < -0.4 is 5.32 Å². The van der Waals surface area contributed by atoms with Crippen molar-refractivity contribution in [3.8, 4) is 0 Å². The summed E-state index contributed by atoms with van der Waals surface area (Å²) in [5.74, 6) is 0.0243. The van der Waals surface area contributed by atoms with Crippen molar-refractivity contribution in [2.24, 2.45) is 0 Å². The fourth-order valence-corrected chi connectivity index (χ4v) is 6.34. The standard InChI is InChI=1S/C25H29N3O3S2/c29-24(26-25(23-12-7-19-32-23)22-10-5-2-6-11-22)13-14-27-15-17-28(18-16-27)33(30,31)20-21-8-3-1-4-9-21/h1-12,19,25H,13-18,20H2,(H,26,29)/t25-/m0/s1. The molecular weight excluding hydrogens is 454 g/mol. The molecule has 8 heteroatoms. The maximum absolute atomic E-state index is 12.8. The number of nitrogens with zero attached hydrogens (tertiary/aromatic N) is 2. The van der Waals surface area contributed by atoms with Gasteiger partial charge in [0.2, 0.25) is 15.9 Å². The Bertz CT molecular complexity index is 1110. The van der Waals surface area contributed by atoms with Gasteiger partial charge in [0.1, 0.15) is 0 Å². The Balaban J connectivity index is 1.26. The first-order valence-corrected chi connectivity index (χ1v) is 13.6. The fraction of sp³-hybridized carbons (Fsp3) is 0.320. The normalized spacial score (nSPS) is 16.4. The molecule has 1 aliphatic rings. The lowest BCUT2D eigenvalue weighted by molar-refractivity contribution is -0.122. The number of piperazine rings is 1. The number of hydrogen-bond acceptors (Lipinski definition) is 5. The first kappa shape index (κ1) is 23.6. The Morgan fingerprint density at radius 1 is 0.909 bits per heavy atom. The van der Waals surface area contributed by atoms with E-state index in [0.29, 0.717) is 39.1 Å². The van der Waals surface area contributed by atoms with Gasteiger partial charge < -0.3 is 10.2 Å². The molecule has 1 aromatic heterocycles. The van der Waals surface area contributed by atoms with Crippen LogP contribution in [-0.2, 0) is 20.6 Å². The van der Waals surface area contributed by atoms with Crippen molar-refractivity contribution in [2.75, 3.05) is 32.7 Å². The zero-order chi connectivity index (χ0) is 23.1. The van der Waals surface area contributed by atoms with E-state index in [1.54, 1.807) is 15.6 Å². The molecule has 1 amide bonds. The maximum Gasteiger partial charge on any atom is 0.222 e. The Labute approximate surface area is 199 Å². The van der Waals surface area contributed by atoms with Crippen LogP contribution in [0.3, 0.4) is 0 Å². The highest BCUT2D eigenvalue weighted by atomic mass is 32.2. The molecule has 3 aromatic rings. The zero-order valence-electron chi connectivity index (χ0n) is 18.5. The van der Waals surface area contributed by atoms with Crippen molar-refractivity contribution < 1.29 is 13.2 Å². The Morgan fingerprint density at radius 3 is 2.21 bits per heavy atom. The number of benzene rings is 2. The summed E-state index contributed by atoms with van der Waals surface area (Å²) in [7, 11) is -3.33. The smallest absolute Gasteiger partial charge is 0.222 e. The highest BCUT2D eigenvalue weighted by Gasteiger charge is 2.27. The van der Waals surface area contributed by atoms with E-state index >= 15 is 0 Å². The summed E-state index contributed by atoms with van der Waals surface area (Å²) in [4.78, 5) is 16.0. The predicted molar refractivity (Wildman–Crippen MR) is 132 cm³/mol. The average Bonchev–Trinajstić information content (AvgIpc) is 3.37. The van der Waals surface area contributed by atoms with Crippen LogP contribution in [0.4, 0.5) is 0 Å². The molecule has 0 unspecified atom stereocenters. The molecule has 0 bridgehead atoms. The summed E-state index contributed by atoms with van der Waals surface area (Å²) in [5.41, 5.74) is 1.86. The lowest BCUT2D eigenvalue weighted by Gasteiger charge is -2.34. The lowest BCUT2D eigenvalue weighted by Crippen LogP contribution is -2.49. The molecule has 1 fully saturated rings. The molecule has 0 saturated carbocycles. The zero-order valence-corrected chi connectivity index (χ0v) is 20.1. The highest BCUT2D eigenvalue weighted by molar-refractivity contribution is 7.88. The minimum atomic E-state index is -3.33. The van der Waals surface area contributed by atoms with Gasteiger partial charge in [0.25, 0.3) is 0 Å². The van der Waals surface area contributed by atoms with Crippen LogP contribution in [0, 0.1) is 0 Å². The van der Waals surface area contributed by atoms with Crippen molar-refractivity contribution in [2.45, 2.75) is 18.2 Å². The van der Waals surface area contributed by atoms with E-state index < -0.39 is 10.0 Å². The van der Waals surface area contributed by atoms with Gasteiger partial charge >= 0.3 is 0 Å². The van der Waals surface area contributed by atoms with Crippen molar-refractivity contribution in [3.63, 3.8) is 0 Å². The van der Waals surface area contributed by atoms with Crippen LogP contribution in [0.1, 0.15) is 28.5 Å². The minimum absolute atomic E-state index is 0.00335. The summed E-state index contributed by atoms with van der Waals surface area (Å²) >= 11 is 1.63. The molecule has 2 heterocycles. The lowest BCUT2D eigenvalue weighted by atomic mass is 10.1. The molecule has 1 atom stereocenters. The number of carbonyl (C=O) groups is 1. The number of nitrogens with one attached hydrogen (secondary N) is 1. The Hall–Kier alpha value is -2.52. The molecule has 6 nitrogen and oxygen atoms in total. The third kappa shape index (κ3) is 6.51. The molecule has 0 aliphatic carbocycles. The third-order valence-corrected chi connectivity index (χ3v) is 8.62. The molecule has 0 spiro atoms. The van der Waals surface area contributed by atoms with E-state index in [1.807, 2.05) is 78.2 Å². The number of hydrogen-bond donors (Lipinski definition) is 1. The van der Waals surface area contributed by atoms with Crippen LogP contribution in [-0.4, -0.2) is 56.3 Å². The van der Waals surface area contributed by atoms with Crippen LogP contribution in [0.25, 0.3) is 0 Å². The van der Waals surface area contributed by atoms with Gasteiger partial charge in [-0.15, -0.1) is 11.3 Å². The van der Waals surface area contributed by atoms with Gasteiger partial charge in [-0.3, -0.25) is 4.79 Å². The molecule has 0 radical (unpaired) electrons. The van der Waals surface area contributed by atoms with Gasteiger partial charge in [-0.2, -0.15) is 4.31 Å². The van der Waals surface area contributed by atoms with Gasteiger partial charge in [0.05, 0.1) is 11.8 Å². The SMILES string of the molecule is O=C(CCN1CCN(S(=O)(=O)Cc2ccccc2)CC1)N[C@@H](c1ccccc1)c1cccs1. The molecule has 174 valence electrons. The number of amides is 1. The summed E-state index contributed by atoms with van der Waals surface area (Å²) < 4.78 is 27.0. The van der Waals surface area contributed by atoms with Crippen LogP contribution in [0.2, 0.25) is 0 Å². The summed E-state index contributed by atoms with van der Waals surface area (Å²) in [6, 6.07) is 23.1. The van der Waals surface area contributed by atoms with E-state index in [-0.39, 0.29) is 17.7 Å². The van der Waals surface area contributed by atoms with E-state index in [1.165, 1.54) is 0 Å². The van der Waals surface area contributed by atoms with Crippen LogP contribution in [0.5, 0.6) is 0 Å². The number of rotatable bonds is 9. The number of thiophene rings is 1. The second-order valence-corrected chi connectivity index (χ2v) is 11.1. The number of carbonyl (C=O) groups excluding carboxylic acids is 1. The molecule has 1 saturated heterocycles. The van der Waals surface area contributed by atoms with Crippen LogP contribution in [0.15, 0.2) is 78.2 Å². The topological polar surface area (TPSA) is 69.7 Å². The summed E-state index contributed by atoms with van der Waals surface area (Å²) in [5, 5.41) is 5.19. The van der Waals surface area contributed by atoms with Gasteiger partial charge in [0, 0.05) is 44.0 Å². The molecular formula is C25H29N3O3S2. The first-order chi connectivity index (χ1) is 16.0. The van der Waals surface area contributed by atoms with Crippen molar-refractivity contribution in [1.82, 2.24) is 14.5 Å². The molecule has 1 aliphatic heterocycles. The first-order valence-electron chi connectivity index (χ1n) is 11.1. The van der Waals surface area contributed by atoms with Crippen molar-refractivity contribution in [3.05, 3.63) is 94.2 Å². The number of sulfonamides is 1. The van der Waals surface area contributed by atoms with Crippen LogP contribution >= 0.6 is 11.3 Å². The molecule has 33 heavy (non-hydrogen) atoms. The molecule has 4 rings (SSSR count). The van der Waals surface area contributed by atoms with Crippen molar-refractivity contribution >= 4 is 27.3 Å². The maximum atomic E-state index is 12.8. The average molecular weight is 484 g/mol. The quantitative estimate of drug-likeness (QED) is 0.506. The molecule has 1 N–H and O–H groups in total. The van der Waals surface area contributed by atoms with E-state index in [4.69, 9.17) is 0 Å². The highest BCUT2D eigenvalue weighted by Crippen LogP contribution is 2.26. The third-order valence-electron chi connectivity index (χ3n) is 5.84. The summed E-state index contributed by atoms with van der Waals surface area (Å²) in [6.07, 6.45) is 0.380. The predicted octanol–water partition coefficient (Wildman–Crippen LogP) is 3.49. The van der Waals surface area contributed by atoms with Gasteiger partial charge in [-0.25, -0.2) is 8.42 Å². The van der Waals surface area contributed by atoms with E-state index in [9.17, 15) is 13.2 Å². The minimum Gasteiger partial charge on any atom is -0.344 e.